The molecule has 1 heterocycles. The Balaban J connectivity index is 1.49. The summed E-state index contributed by atoms with van der Waals surface area (Å²) in [5, 5.41) is 51.6. The number of fused-ring (bicyclic) bond motifs is 5. The minimum absolute atomic E-state index is 0.0637. The van der Waals surface area contributed by atoms with Gasteiger partial charge in [-0.25, -0.2) is 14.4 Å². The van der Waals surface area contributed by atoms with Crippen molar-refractivity contribution in [2.75, 3.05) is 6.61 Å². The third-order valence-corrected chi connectivity index (χ3v) is 12.6. The van der Waals surface area contributed by atoms with Gasteiger partial charge in [0.05, 0.1) is 35.6 Å². The van der Waals surface area contributed by atoms with Crippen LogP contribution in [0.4, 0.5) is 4.79 Å². The third kappa shape index (κ3) is 7.10. The van der Waals surface area contributed by atoms with Crippen LogP contribution in [-0.4, -0.2) is 110 Å². The van der Waals surface area contributed by atoms with Gasteiger partial charge in [-0.2, -0.15) is 0 Å². The lowest BCUT2D eigenvalue weighted by Gasteiger charge is -2.67. The van der Waals surface area contributed by atoms with Crippen molar-refractivity contribution in [3.05, 3.63) is 82.9 Å². The number of nitrogens with one attached hydrogen (secondary N) is 1. The van der Waals surface area contributed by atoms with E-state index in [0.717, 1.165) is 6.92 Å². The Morgan fingerprint density at radius 3 is 2.10 bits per heavy atom. The van der Waals surface area contributed by atoms with Crippen LogP contribution in [0.3, 0.4) is 0 Å². The first-order valence-electron chi connectivity index (χ1n) is 19.3. The van der Waals surface area contributed by atoms with Gasteiger partial charge in [0.2, 0.25) is 0 Å². The second-order valence-corrected chi connectivity index (χ2v) is 17.6. The van der Waals surface area contributed by atoms with Crippen molar-refractivity contribution >= 4 is 29.8 Å². The Bertz CT molecular complexity index is 1980. The highest BCUT2D eigenvalue weighted by Gasteiger charge is 2.78. The summed E-state index contributed by atoms with van der Waals surface area (Å²) in [7, 11) is 0. The van der Waals surface area contributed by atoms with Gasteiger partial charge in [-0.1, -0.05) is 62.4 Å². The molecule has 15 heteroatoms. The molecular formula is C43H53NO14. The topological polar surface area (TPSA) is 224 Å². The molecule has 4 aliphatic rings. The number of Topliss-reactive ketones (excluding diaryl/α,β-unsaturated/α-hetero) is 1. The Hall–Kier alpha value is -4.67. The second kappa shape index (κ2) is 15.2. The van der Waals surface area contributed by atoms with Crippen molar-refractivity contribution in [2.24, 2.45) is 16.7 Å². The van der Waals surface area contributed by atoms with E-state index in [-0.39, 0.29) is 29.7 Å². The number of alkyl carbamates (subject to hydrolysis) is 1. The summed E-state index contributed by atoms with van der Waals surface area (Å²) >= 11 is 0. The van der Waals surface area contributed by atoms with E-state index in [1.54, 1.807) is 83.1 Å². The molecule has 2 aromatic rings. The maximum Gasteiger partial charge on any atom is 0.408 e. The number of aliphatic hydroxyl groups excluding tert-OH is 3. The highest BCUT2D eigenvalue weighted by molar-refractivity contribution is 5.94. The smallest absolute Gasteiger partial charge is 0.408 e. The molecule has 3 fully saturated rings. The van der Waals surface area contributed by atoms with Gasteiger partial charge in [0.15, 0.2) is 17.5 Å². The number of esters is 3. The molecule has 2 saturated carbocycles. The fourth-order valence-corrected chi connectivity index (χ4v) is 9.56. The van der Waals surface area contributed by atoms with E-state index in [9.17, 15) is 44.4 Å². The largest absolute Gasteiger partial charge is 0.456 e. The maximum absolute atomic E-state index is 14.9. The lowest BCUT2D eigenvalue weighted by Crippen LogP contribution is -2.81. The third-order valence-electron chi connectivity index (χ3n) is 12.6. The predicted molar refractivity (Wildman–Crippen MR) is 204 cm³/mol. The molecule has 5 N–H and O–H groups in total. The molecule has 1 saturated heterocycles. The molecule has 3 aliphatic carbocycles. The molecule has 1 amide bonds. The van der Waals surface area contributed by atoms with E-state index in [2.05, 4.69) is 5.32 Å². The van der Waals surface area contributed by atoms with E-state index < -0.39 is 112 Å². The lowest BCUT2D eigenvalue weighted by molar-refractivity contribution is -0.346. The molecule has 0 aromatic heterocycles. The van der Waals surface area contributed by atoms with Crippen molar-refractivity contribution in [1.82, 2.24) is 5.32 Å². The number of rotatable bonds is 8. The Morgan fingerprint density at radius 1 is 0.948 bits per heavy atom. The van der Waals surface area contributed by atoms with Crippen molar-refractivity contribution in [3.8, 4) is 0 Å². The van der Waals surface area contributed by atoms with Crippen LogP contribution in [0.15, 0.2) is 71.8 Å². The number of aliphatic hydroxyl groups is 4. The molecule has 2 aromatic carbocycles. The van der Waals surface area contributed by atoms with Crippen molar-refractivity contribution in [2.45, 2.75) is 128 Å². The van der Waals surface area contributed by atoms with E-state index >= 15 is 0 Å². The zero-order valence-corrected chi connectivity index (χ0v) is 33.9. The molecule has 2 bridgehead atoms. The number of ketones is 1. The molecule has 11 atom stereocenters. The molecule has 1 aliphatic heterocycles. The minimum Gasteiger partial charge on any atom is -0.456 e. The van der Waals surface area contributed by atoms with Crippen molar-refractivity contribution in [1.29, 1.82) is 0 Å². The molecular weight excluding hydrogens is 754 g/mol. The van der Waals surface area contributed by atoms with Gasteiger partial charge in [0, 0.05) is 25.2 Å². The number of ether oxygens (including phenoxy) is 5. The van der Waals surface area contributed by atoms with Crippen LogP contribution in [0.2, 0.25) is 0 Å². The van der Waals surface area contributed by atoms with Crippen LogP contribution < -0.4 is 5.32 Å². The normalized spacial score (nSPS) is 33.7. The highest BCUT2D eigenvalue weighted by Crippen LogP contribution is 2.64. The molecule has 15 nitrogen and oxygen atoms in total. The minimum atomic E-state index is -2.35. The summed E-state index contributed by atoms with van der Waals surface area (Å²) < 4.78 is 29.5. The molecule has 0 radical (unpaired) electrons. The van der Waals surface area contributed by atoms with Gasteiger partial charge in [-0.3, -0.25) is 9.59 Å². The van der Waals surface area contributed by atoms with Crippen LogP contribution in [0, 0.1) is 16.7 Å². The van der Waals surface area contributed by atoms with Gasteiger partial charge >= 0.3 is 24.0 Å². The van der Waals surface area contributed by atoms with Crippen LogP contribution in [0.25, 0.3) is 0 Å². The molecule has 58 heavy (non-hydrogen) atoms. The lowest BCUT2D eigenvalue weighted by atomic mass is 9.44. The zero-order chi connectivity index (χ0) is 42.7. The number of hydrogen-bond donors (Lipinski definition) is 5. The standard InChI is InChI=1S/C43H53NO14/c1-22-26(55-37(51)32(48)30(24-15-11-9-12-16-24)44-38(52)58-39(3,4)5)20-43(53)35(56-36(50)25-17-13-10-14-18-25)33-41(8,34(49)31(47)29(22)40(43,6)7)27(46)19-28-42(33,21-54-28)57-23(2)45/h9-18,26-28,30-33,35,46-48,53H,19-21H2,1-8H3,(H,44,52)/t26-,27-,28?,30-,31?,32+,33?,35-,41+,42-,43+/m0/s1. The van der Waals surface area contributed by atoms with Crippen molar-refractivity contribution < 1.29 is 68.1 Å². The molecule has 3 unspecified atom stereocenters. The Kier molecular flexibility index (Phi) is 11.2. The van der Waals surface area contributed by atoms with Gasteiger partial charge in [-0.05, 0) is 63.5 Å². The number of benzene rings is 2. The Morgan fingerprint density at radius 2 is 1.55 bits per heavy atom. The van der Waals surface area contributed by atoms with Gasteiger partial charge < -0.3 is 49.4 Å². The summed E-state index contributed by atoms with van der Waals surface area (Å²) in [5.41, 5.74) is -8.14. The summed E-state index contributed by atoms with van der Waals surface area (Å²) in [6.07, 6.45) is -11.5. The first-order valence-corrected chi connectivity index (χ1v) is 19.3. The quantitative estimate of drug-likeness (QED) is 0.147. The van der Waals surface area contributed by atoms with Gasteiger partial charge in [0.1, 0.15) is 35.6 Å². The zero-order valence-electron chi connectivity index (χ0n) is 33.9. The number of carbonyl (C=O) groups excluding carboxylic acids is 5. The monoisotopic (exact) mass is 807 g/mol. The van der Waals surface area contributed by atoms with Gasteiger partial charge in [-0.15, -0.1) is 0 Å². The summed E-state index contributed by atoms with van der Waals surface area (Å²) in [6, 6.07) is 14.6. The number of hydrogen-bond acceptors (Lipinski definition) is 14. The number of carbonyl (C=O) groups is 5. The predicted octanol–water partition coefficient (Wildman–Crippen LogP) is 3.26. The fourth-order valence-electron chi connectivity index (χ4n) is 9.56. The van der Waals surface area contributed by atoms with Crippen LogP contribution in [0.1, 0.15) is 90.2 Å². The van der Waals surface area contributed by atoms with E-state index in [4.69, 9.17) is 23.7 Å². The second-order valence-electron chi connectivity index (χ2n) is 17.6. The average Bonchev–Trinajstić information content (AvgIpc) is 3.14. The molecule has 6 rings (SSSR count). The average molecular weight is 808 g/mol. The van der Waals surface area contributed by atoms with Crippen molar-refractivity contribution in [3.63, 3.8) is 0 Å². The fraction of sp³-hybridized carbons (Fsp3) is 0.558. The van der Waals surface area contributed by atoms with E-state index in [0.29, 0.717) is 5.56 Å². The first-order chi connectivity index (χ1) is 27.0. The van der Waals surface area contributed by atoms with Crippen LogP contribution in [-0.2, 0) is 38.1 Å². The molecule has 0 spiro atoms. The Labute approximate surface area is 336 Å². The van der Waals surface area contributed by atoms with Crippen LogP contribution >= 0.6 is 0 Å². The van der Waals surface area contributed by atoms with Crippen LogP contribution in [0.5, 0.6) is 0 Å². The summed E-state index contributed by atoms with van der Waals surface area (Å²) in [6.45, 7) is 11.8. The summed E-state index contributed by atoms with van der Waals surface area (Å²) in [5.74, 6) is -5.36. The maximum atomic E-state index is 14.9. The first kappa shape index (κ1) is 42.9. The molecule has 314 valence electrons. The highest BCUT2D eigenvalue weighted by atomic mass is 16.6. The van der Waals surface area contributed by atoms with E-state index in [1.807, 2.05) is 0 Å². The van der Waals surface area contributed by atoms with E-state index in [1.165, 1.54) is 26.0 Å². The number of amides is 1. The SMILES string of the molecule is CC(=O)O[C@@]12COC1C[C@H](O)[C@@]1(C)C(=O)C(O)C3=C(C)[C@@H](OC(=O)[C@H](O)[C@@H](NC(=O)OC(C)(C)C)c4ccccc4)C[C@@](O)([C@@H](OC(=O)c4ccccc4)C21)C3(C)C. The summed E-state index contributed by atoms with van der Waals surface area (Å²) in [4.78, 5) is 68.9. The van der Waals surface area contributed by atoms with Gasteiger partial charge in [0.25, 0.3) is 0 Å².